The van der Waals surface area contributed by atoms with Crippen molar-refractivity contribution in [3.63, 3.8) is 0 Å². The first-order chi connectivity index (χ1) is 11.0. The lowest BCUT2D eigenvalue weighted by Crippen LogP contribution is -2.14. The molecule has 1 amide bonds. The normalized spacial score (nSPS) is 10.8. The van der Waals surface area contributed by atoms with Crippen molar-refractivity contribution in [1.29, 1.82) is 0 Å². The number of H-pyrrole nitrogens is 2. The van der Waals surface area contributed by atoms with Gasteiger partial charge in [-0.15, -0.1) is 0 Å². The minimum absolute atomic E-state index is 0.261. The average molecular weight is 310 g/mol. The van der Waals surface area contributed by atoms with Crippen molar-refractivity contribution in [2.75, 3.05) is 5.32 Å². The van der Waals surface area contributed by atoms with Crippen LogP contribution in [0.25, 0.3) is 11.3 Å². The lowest BCUT2D eigenvalue weighted by atomic mass is 9.99. The molecule has 0 saturated carbocycles. The summed E-state index contributed by atoms with van der Waals surface area (Å²) < 4.78 is 0. The van der Waals surface area contributed by atoms with E-state index in [9.17, 15) is 4.79 Å². The zero-order valence-corrected chi connectivity index (χ0v) is 13.5. The highest BCUT2D eigenvalue weighted by Gasteiger charge is 2.15. The van der Waals surface area contributed by atoms with Crippen LogP contribution in [-0.2, 0) is 0 Å². The van der Waals surface area contributed by atoms with Gasteiger partial charge in [0, 0.05) is 11.6 Å². The average Bonchev–Trinajstić information content (AvgIpc) is 3.12. The van der Waals surface area contributed by atoms with E-state index in [2.05, 4.69) is 63.8 Å². The van der Waals surface area contributed by atoms with Gasteiger partial charge >= 0.3 is 0 Å². The van der Waals surface area contributed by atoms with Crippen LogP contribution in [0.1, 0.15) is 32.9 Å². The number of anilines is 1. The van der Waals surface area contributed by atoms with Crippen molar-refractivity contribution in [3.8, 4) is 11.3 Å². The summed E-state index contributed by atoms with van der Waals surface area (Å²) in [7, 11) is 0. The molecule has 7 heteroatoms. The first-order valence-electron chi connectivity index (χ1n) is 7.28. The molecule has 23 heavy (non-hydrogen) atoms. The third-order valence-electron chi connectivity index (χ3n) is 3.89. The maximum absolute atomic E-state index is 12.1. The van der Waals surface area contributed by atoms with Gasteiger partial charge in [-0.2, -0.15) is 20.5 Å². The Kier molecular flexibility index (Phi) is 3.69. The fourth-order valence-corrected chi connectivity index (χ4v) is 2.45. The predicted molar refractivity (Wildman–Crippen MR) is 87.3 cm³/mol. The summed E-state index contributed by atoms with van der Waals surface area (Å²) in [5.74, 6) is 0.108. The Bertz CT molecular complexity index is 877. The lowest BCUT2D eigenvalue weighted by Gasteiger charge is -2.07. The molecule has 3 rings (SSSR count). The summed E-state index contributed by atoms with van der Waals surface area (Å²) in [4.78, 5) is 12.1. The number of amides is 1. The van der Waals surface area contributed by atoms with Crippen molar-refractivity contribution in [3.05, 3.63) is 46.3 Å². The summed E-state index contributed by atoms with van der Waals surface area (Å²) >= 11 is 0. The number of hydrogen-bond acceptors (Lipinski definition) is 4. The summed E-state index contributed by atoms with van der Waals surface area (Å²) in [5.41, 5.74) is 6.35. The van der Waals surface area contributed by atoms with Crippen molar-refractivity contribution >= 4 is 11.7 Å². The van der Waals surface area contributed by atoms with Gasteiger partial charge in [-0.25, -0.2) is 0 Å². The molecule has 0 spiro atoms. The molecule has 0 aliphatic heterocycles. The van der Waals surface area contributed by atoms with Crippen molar-refractivity contribution in [2.45, 2.75) is 27.7 Å². The van der Waals surface area contributed by atoms with E-state index in [4.69, 9.17) is 0 Å². The second-order valence-electron chi connectivity index (χ2n) is 5.63. The van der Waals surface area contributed by atoms with Gasteiger partial charge in [0.2, 0.25) is 0 Å². The zero-order valence-electron chi connectivity index (χ0n) is 13.5. The zero-order chi connectivity index (χ0) is 16.6. The summed E-state index contributed by atoms with van der Waals surface area (Å²) in [6.07, 6.45) is 0. The number of nitrogens with one attached hydrogen (secondary N) is 3. The molecule has 0 aliphatic rings. The van der Waals surface area contributed by atoms with Crippen LogP contribution in [0.3, 0.4) is 0 Å². The Hall–Kier alpha value is -2.96. The third-order valence-corrected chi connectivity index (χ3v) is 3.89. The van der Waals surface area contributed by atoms with Crippen LogP contribution >= 0.6 is 0 Å². The van der Waals surface area contributed by atoms with Gasteiger partial charge < -0.3 is 5.32 Å². The Morgan fingerprint density at radius 3 is 2.39 bits per heavy atom. The Labute approximate surface area is 133 Å². The van der Waals surface area contributed by atoms with Crippen LogP contribution in [-0.4, -0.2) is 31.5 Å². The molecule has 0 bridgehead atoms. The molecule has 7 nitrogen and oxygen atoms in total. The minimum Gasteiger partial charge on any atom is -0.304 e. The molecule has 3 N–H and O–H groups in total. The van der Waals surface area contributed by atoms with E-state index in [1.165, 1.54) is 11.1 Å². The van der Waals surface area contributed by atoms with E-state index in [0.29, 0.717) is 11.5 Å². The lowest BCUT2D eigenvalue weighted by molar-refractivity contribution is 0.102. The van der Waals surface area contributed by atoms with Gasteiger partial charge in [0.25, 0.3) is 5.91 Å². The van der Waals surface area contributed by atoms with Crippen LogP contribution < -0.4 is 5.32 Å². The number of hydrogen-bond donors (Lipinski definition) is 3. The molecule has 0 atom stereocenters. The second-order valence-corrected chi connectivity index (χ2v) is 5.63. The standard InChI is InChI=1S/C16H18N6O/c1-8-5-10(3)12(6-9(8)2)13-7-14(20-19-13)17-16(23)15-11(4)18-22-21-15/h5-7H,1-4H3,(H,18,21,22)(H2,17,19,20,23). The van der Waals surface area contributed by atoms with Gasteiger partial charge in [0.1, 0.15) is 0 Å². The fraction of sp³-hybridized carbons (Fsp3) is 0.250. The number of aromatic nitrogens is 5. The number of aromatic amines is 2. The van der Waals surface area contributed by atoms with Crippen LogP contribution in [0.15, 0.2) is 18.2 Å². The molecule has 3 aromatic rings. The Balaban J connectivity index is 1.85. The first kappa shape index (κ1) is 15.0. The number of nitrogens with zero attached hydrogens (tertiary/aromatic N) is 3. The molecule has 0 radical (unpaired) electrons. The molecule has 0 unspecified atom stereocenters. The predicted octanol–water partition coefficient (Wildman–Crippen LogP) is 2.68. The molecular formula is C16H18N6O. The van der Waals surface area contributed by atoms with Crippen LogP contribution in [0, 0.1) is 27.7 Å². The highest BCUT2D eigenvalue weighted by molar-refractivity contribution is 6.03. The number of carbonyl (C=O) groups excluding carboxylic acids is 1. The molecule has 0 fully saturated rings. The minimum atomic E-state index is -0.342. The molecule has 1 aromatic carbocycles. The maximum atomic E-state index is 12.1. The monoisotopic (exact) mass is 310 g/mol. The molecule has 2 heterocycles. The van der Waals surface area contributed by atoms with Crippen LogP contribution in [0.4, 0.5) is 5.82 Å². The molecule has 118 valence electrons. The van der Waals surface area contributed by atoms with Crippen molar-refractivity contribution in [2.24, 2.45) is 0 Å². The van der Waals surface area contributed by atoms with Gasteiger partial charge in [-0.3, -0.25) is 9.89 Å². The van der Waals surface area contributed by atoms with Crippen LogP contribution in [0.5, 0.6) is 0 Å². The second kappa shape index (κ2) is 5.68. The molecule has 2 aromatic heterocycles. The van der Waals surface area contributed by atoms with Crippen molar-refractivity contribution < 1.29 is 4.79 Å². The SMILES string of the molecule is Cc1cc(C)c(-c2cc(NC(=O)c3n[nH]nc3C)n[nH]2)cc1C. The van der Waals surface area contributed by atoms with E-state index in [0.717, 1.165) is 16.8 Å². The maximum Gasteiger partial charge on any atom is 0.279 e. The van der Waals surface area contributed by atoms with Crippen LogP contribution in [0.2, 0.25) is 0 Å². The van der Waals surface area contributed by atoms with Gasteiger partial charge in [-0.05, 0) is 50.5 Å². The first-order valence-corrected chi connectivity index (χ1v) is 7.28. The summed E-state index contributed by atoms with van der Waals surface area (Å²) in [6.45, 7) is 7.93. The number of aryl methyl sites for hydroxylation is 4. The summed E-state index contributed by atoms with van der Waals surface area (Å²) in [6, 6.07) is 6.07. The van der Waals surface area contributed by atoms with Gasteiger partial charge in [-0.1, -0.05) is 6.07 Å². The Morgan fingerprint density at radius 2 is 1.70 bits per heavy atom. The largest absolute Gasteiger partial charge is 0.304 e. The van der Waals surface area contributed by atoms with Gasteiger partial charge in [0.15, 0.2) is 11.5 Å². The quantitative estimate of drug-likeness (QED) is 0.692. The van der Waals surface area contributed by atoms with E-state index < -0.39 is 0 Å². The fourth-order valence-electron chi connectivity index (χ4n) is 2.45. The number of carbonyl (C=O) groups is 1. The Morgan fingerprint density at radius 1 is 0.957 bits per heavy atom. The highest BCUT2D eigenvalue weighted by Crippen LogP contribution is 2.26. The van der Waals surface area contributed by atoms with Crippen molar-refractivity contribution in [1.82, 2.24) is 25.6 Å². The molecule has 0 aliphatic carbocycles. The number of rotatable bonds is 3. The summed E-state index contributed by atoms with van der Waals surface area (Å²) in [5, 5.41) is 19.9. The topological polar surface area (TPSA) is 99.3 Å². The molecule has 0 saturated heterocycles. The van der Waals surface area contributed by atoms with E-state index in [1.807, 2.05) is 6.07 Å². The highest BCUT2D eigenvalue weighted by atomic mass is 16.2. The third kappa shape index (κ3) is 2.85. The number of benzene rings is 1. The smallest absolute Gasteiger partial charge is 0.279 e. The van der Waals surface area contributed by atoms with E-state index in [1.54, 1.807) is 6.92 Å². The molecular weight excluding hydrogens is 292 g/mol. The van der Waals surface area contributed by atoms with E-state index >= 15 is 0 Å². The van der Waals surface area contributed by atoms with Gasteiger partial charge in [0.05, 0.1) is 11.4 Å². The van der Waals surface area contributed by atoms with E-state index in [-0.39, 0.29) is 11.6 Å².